The Labute approximate surface area is 187 Å². The van der Waals surface area contributed by atoms with Crippen LogP contribution in [0.25, 0.3) is 0 Å². The number of nitrogens with zero attached hydrogens (tertiary/aromatic N) is 6. The molecule has 1 aliphatic heterocycles. The molecule has 1 aromatic heterocycles. The summed E-state index contributed by atoms with van der Waals surface area (Å²) < 4.78 is 39.4. The van der Waals surface area contributed by atoms with E-state index in [9.17, 15) is 23.1 Å². The molecule has 1 unspecified atom stereocenters. The maximum Gasteiger partial charge on any atom is 0.417 e. The zero-order valence-corrected chi connectivity index (χ0v) is 17.6. The Morgan fingerprint density at radius 2 is 1.79 bits per heavy atom. The molecule has 33 heavy (non-hydrogen) atoms. The molecular formula is C21H20F3N7O2. The fraction of sp³-hybridized carbons (Fsp3) is 0.381. The molecule has 1 amide bonds. The number of hydrogen-bond acceptors (Lipinski definition) is 8. The highest BCUT2D eigenvalue weighted by Gasteiger charge is 2.36. The minimum atomic E-state index is -4.76. The number of carbonyl (C=O) groups excluding carboxylic acids is 1. The van der Waals surface area contributed by atoms with Crippen LogP contribution >= 0.6 is 0 Å². The molecular weight excluding hydrogens is 439 g/mol. The van der Waals surface area contributed by atoms with E-state index in [0.717, 1.165) is 11.8 Å². The number of hydrogen-bond donors (Lipinski definition) is 2. The van der Waals surface area contributed by atoms with Crippen molar-refractivity contribution in [2.75, 3.05) is 42.9 Å². The van der Waals surface area contributed by atoms with Gasteiger partial charge in [-0.3, -0.25) is 9.69 Å². The first-order valence-corrected chi connectivity index (χ1v) is 9.88. The fourth-order valence-corrected chi connectivity index (χ4v) is 3.43. The number of nitriles is 2. The molecule has 2 heterocycles. The van der Waals surface area contributed by atoms with E-state index in [0.29, 0.717) is 32.2 Å². The Kier molecular flexibility index (Phi) is 6.81. The Balaban J connectivity index is 1.60. The third kappa shape index (κ3) is 5.74. The number of anilines is 2. The first-order chi connectivity index (χ1) is 15.5. The molecule has 1 saturated heterocycles. The summed E-state index contributed by atoms with van der Waals surface area (Å²) in [6.07, 6.45) is -1.65. The molecule has 9 nitrogen and oxygen atoms in total. The van der Waals surface area contributed by atoms with Crippen LogP contribution in [0.1, 0.15) is 23.9 Å². The van der Waals surface area contributed by atoms with Gasteiger partial charge in [0.15, 0.2) is 5.60 Å². The predicted molar refractivity (Wildman–Crippen MR) is 111 cm³/mol. The summed E-state index contributed by atoms with van der Waals surface area (Å²) >= 11 is 0. The Hall–Kier alpha value is -3.74. The second kappa shape index (κ2) is 9.40. The van der Waals surface area contributed by atoms with Gasteiger partial charge in [-0.15, -0.1) is 0 Å². The smallest absolute Gasteiger partial charge is 0.379 e. The van der Waals surface area contributed by atoms with Crippen molar-refractivity contribution in [2.45, 2.75) is 18.7 Å². The van der Waals surface area contributed by atoms with Crippen molar-refractivity contribution in [3.05, 3.63) is 47.5 Å². The van der Waals surface area contributed by atoms with Gasteiger partial charge in [-0.05, 0) is 25.1 Å². The second-order valence-electron chi connectivity index (χ2n) is 7.74. The van der Waals surface area contributed by atoms with Gasteiger partial charge in [-0.25, -0.2) is 9.97 Å². The van der Waals surface area contributed by atoms with Crippen LogP contribution < -0.4 is 10.2 Å². The zero-order chi connectivity index (χ0) is 24.2. The van der Waals surface area contributed by atoms with Crippen LogP contribution in [0.5, 0.6) is 0 Å². The highest BCUT2D eigenvalue weighted by atomic mass is 19.4. The van der Waals surface area contributed by atoms with Crippen LogP contribution in [0.4, 0.5) is 24.5 Å². The van der Waals surface area contributed by atoms with E-state index >= 15 is 0 Å². The van der Waals surface area contributed by atoms with E-state index in [1.54, 1.807) is 12.4 Å². The van der Waals surface area contributed by atoms with Crippen molar-refractivity contribution < 1.29 is 23.1 Å². The molecule has 0 saturated carbocycles. The number of rotatable bonds is 5. The molecule has 0 radical (unpaired) electrons. The molecule has 2 aromatic rings. The summed E-state index contributed by atoms with van der Waals surface area (Å²) in [7, 11) is 0. The third-order valence-electron chi connectivity index (χ3n) is 5.20. The number of piperazine rings is 1. The van der Waals surface area contributed by atoms with Crippen LogP contribution in [0.15, 0.2) is 30.6 Å². The number of aliphatic hydroxyl groups is 1. The predicted octanol–water partition coefficient (Wildman–Crippen LogP) is 1.75. The number of halogens is 3. The standard InChI is InChI=1S/C21H20F3N7O2/c1-20(33,19(32)29-15-3-2-14(9-25)17(8-15)21(22,23)24)13-30-4-6-31(7-5-30)16-11-27-18(10-26)28-12-16/h2-3,8,11-12,33H,4-7,13H2,1H3,(H,29,32). The van der Waals surface area contributed by atoms with Crippen LogP contribution in [0.3, 0.4) is 0 Å². The van der Waals surface area contributed by atoms with Gasteiger partial charge in [0.2, 0.25) is 5.82 Å². The molecule has 1 fully saturated rings. The molecule has 2 N–H and O–H groups in total. The van der Waals surface area contributed by atoms with E-state index in [2.05, 4.69) is 15.3 Å². The summed E-state index contributed by atoms with van der Waals surface area (Å²) in [5.41, 5.74) is -3.01. The molecule has 3 rings (SSSR count). The number of carbonyl (C=O) groups is 1. The van der Waals surface area contributed by atoms with Crippen LogP contribution in [-0.2, 0) is 11.0 Å². The van der Waals surface area contributed by atoms with Gasteiger partial charge in [-0.1, -0.05) is 0 Å². The van der Waals surface area contributed by atoms with Crippen molar-refractivity contribution in [1.29, 1.82) is 10.5 Å². The van der Waals surface area contributed by atoms with E-state index in [1.807, 2.05) is 15.9 Å². The van der Waals surface area contributed by atoms with Crippen molar-refractivity contribution >= 4 is 17.3 Å². The number of amides is 1. The van der Waals surface area contributed by atoms with Crippen molar-refractivity contribution in [3.8, 4) is 12.1 Å². The number of benzene rings is 1. The normalized spacial score (nSPS) is 16.4. The lowest BCUT2D eigenvalue weighted by Gasteiger charge is -2.38. The highest BCUT2D eigenvalue weighted by Crippen LogP contribution is 2.33. The highest BCUT2D eigenvalue weighted by molar-refractivity contribution is 5.97. The van der Waals surface area contributed by atoms with Gasteiger partial charge in [0.1, 0.15) is 6.07 Å². The lowest BCUT2D eigenvalue weighted by molar-refractivity contribution is -0.138. The molecule has 0 bridgehead atoms. The van der Waals surface area contributed by atoms with E-state index < -0.39 is 28.8 Å². The molecule has 172 valence electrons. The average molecular weight is 459 g/mol. The molecule has 12 heteroatoms. The minimum Gasteiger partial charge on any atom is -0.379 e. The molecule has 1 aromatic carbocycles. The van der Waals surface area contributed by atoms with Crippen LogP contribution in [0, 0.1) is 22.7 Å². The van der Waals surface area contributed by atoms with E-state index in [-0.39, 0.29) is 18.1 Å². The lowest BCUT2D eigenvalue weighted by Crippen LogP contribution is -2.55. The topological polar surface area (TPSA) is 129 Å². The van der Waals surface area contributed by atoms with E-state index in [1.165, 1.54) is 19.1 Å². The first-order valence-electron chi connectivity index (χ1n) is 9.88. The van der Waals surface area contributed by atoms with Crippen molar-refractivity contribution in [2.24, 2.45) is 0 Å². The zero-order valence-electron chi connectivity index (χ0n) is 17.6. The SMILES string of the molecule is CC(O)(CN1CCN(c2cnc(C#N)nc2)CC1)C(=O)Nc1ccc(C#N)c(C(F)(F)F)c1. The van der Waals surface area contributed by atoms with Gasteiger partial charge in [0.25, 0.3) is 5.91 Å². The van der Waals surface area contributed by atoms with Crippen molar-refractivity contribution in [1.82, 2.24) is 14.9 Å². The summed E-state index contributed by atoms with van der Waals surface area (Å²) in [6, 6.07) is 6.15. The quantitative estimate of drug-likeness (QED) is 0.692. The second-order valence-corrected chi connectivity index (χ2v) is 7.74. The maximum absolute atomic E-state index is 13.1. The maximum atomic E-state index is 13.1. The van der Waals surface area contributed by atoms with Crippen LogP contribution in [0.2, 0.25) is 0 Å². The number of β-amino-alcohol motifs (C(OH)–C–C–N with tert-alkyl or cyclic N) is 1. The van der Waals surface area contributed by atoms with Gasteiger partial charge in [-0.2, -0.15) is 23.7 Å². The van der Waals surface area contributed by atoms with Crippen molar-refractivity contribution in [3.63, 3.8) is 0 Å². The Morgan fingerprint density at radius 3 is 2.33 bits per heavy atom. The molecule has 1 aliphatic rings. The van der Waals surface area contributed by atoms with Crippen LogP contribution in [-0.4, -0.2) is 64.2 Å². The van der Waals surface area contributed by atoms with Gasteiger partial charge in [0.05, 0.1) is 35.3 Å². The summed E-state index contributed by atoms with van der Waals surface area (Å²) in [4.78, 5) is 24.3. The first kappa shape index (κ1) is 23.9. The molecule has 0 spiro atoms. The van der Waals surface area contributed by atoms with Gasteiger partial charge in [0, 0.05) is 38.4 Å². The Bertz CT molecular complexity index is 1100. The summed E-state index contributed by atoms with van der Waals surface area (Å²) in [5.74, 6) is -0.785. The fourth-order valence-electron chi connectivity index (χ4n) is 3.43. The number of nitrogens with one attached hydrogen (secondary N) is 1. The molecule has 0 aliphatic carbocycles. The Morgan fingerprint density at radius 1 is 1.15 bits per heavy atom. The van der Waals surface area contributed by atoms with E-state index in [4.69, 9.17) is 10.5 Å². The lowest BCUT2D eigenvalue weighted by atomic mass is 10.0. The monoisotopic (exact) mass is 459 g/mol. The minimum absolute atomic E-state index is 0.0288. The average Bonchev–Trinajstić information content (AvgIpc) is 2.79. The third-order valence-corrected chi connectivity index (χ3v) is 5.20. The largest absolute Gasteiger partial charge is 0.417 e. The summed E-state index contributed by atoms with van der Waals surface area (Å²) in [6.45, 7) is 3.42. The number of alkyl halides is 3. The molecule has 1 atom stereocenters. The van der Waals surface area contributed by atoms with Gasteiger partial charge < -0.3 is 15.3 Å². The number of aromatic nitrogens is 2. The van der Waals surface area contributed by atoms with Gasteiger partial charge >= 0.3 is 6.18 Å². The summed E-state index contributed by atoms with van der Waals surface area (Å²) in [5, 5.41) is 30.6.